The molecule has 0 saturated heterocycles. The molecule has 1 unspecified atom stereocenters. The highest BCUT2D eigenvalue weighted by Crippen LogP contribution is 2.24. The van der Waals surface area contributed by atoms with E-state index >= 15 is 0 Å². The molecule has 0 amide bonds. The van der Waals surface area contributed by atoms with Crippen LogP contribution in [0, 0.1) is 6.92 Å². The topological polar surface area (TPSA) is 71.3 Å². The SMILES string of the molecule is CCn1cc(S(=O)(=O)NC(C)c2ccc(C)s2)cc1CO. The number of aromatic nitrogens is 1. The fraction of sp³-hybridized carbons (Fsp3) is 0.429. The van der Waals surface area contributed by atoms with Gasteiger partial charge in [0.15, 0.2) is 0 Å². The van der Waals surface area contributed by atoms with E-state index in [1.165, 1.54) is 6.07 Å². The molecule has 0 aromatic carbocycles. The van der Waals surface area contributed by atoms with Gasteiger partial charge in [0.1, 0.15) is 0 Å². The summed E-state index contributed by atoms with van der Waals surface area (Å²) >= 11 is 1.58. The van der Waals surface area contributed by atoms with Crippen LogP contribution < -0.4 is 4.72 Å². The molecule has 116 valence electrons. The van der Waals surface area contributed by atoms with Crippen molar-refractivity contribution in [2.75, 3.05) is 0 Å². The summed E-state index contributed by atoms with van der Waals surface area (Å²) in [7, 11) is -3.60. The third kappa shape index (κ3) is 3.55. The molecular formula is C14H20N2O3S2. The summed E-state index contributed by atoms with van der Waals surface area (Å²) in [5.41, 5.74) is 0.595. The van der Waals surface area contributed by atoms with Gasteiger partial charge in [-0.15, -0.1) is 11.3 Å². The third-order valence-corrected chi connectivity index (χ3v) is 5.98. The Morgan fingerprint density at radius 2 is 2.14 bits per heavy atom. The van der Waals surface area contributed by atoms with Gasteiger partial charge >= 0.3 is 0 Å². The maximum absolute atomic E-state index is 12.4. The summed E-state index contributed by atoms with van der Waals surface area (Å²) in [5, 5.41) is 9.26. The van der Waals surface area contributed by atoms with Crippen LogP contribution in [0.4, 0.5) is 0 Å². The highest BCUT2D eigenvalue weighted by molar-refractivity contribution is 7.89. The van der Waals surface area contributed by atoms with Crippen LogP contribution in [-0.2, 0) is 23.2 Å². The Labute approximate surface area is 129 Å². The first kappa shape index (κ1) is 16.2. The van der Waals surface area contributed by atoms with Crippen LogP contribution in [0.1, 0.15) is 35.3 Å². The quantitative estimate of drug-likeness (QED) is 0.855. The van der Waals surface area contributed by atoms with Crippen molar-refractivity contribution in [3.8, 4) is 0 Å². The lowest BCUT2D eigenvalue weighted by atomic mass is 10.3. The summed E-state index contributed by atoms with van der Waals surface area (Å²) in [6.45, 7) is 6.16. The van der Waals surface area contributed by atoms with Crippen LogP contribution in [0.25, 0.3) is 0 Å². The van der Waals surface area contributed by atoms with E-state index in [2.05, 4.69) is 4.72 Å². The average Bonchev–Trinajstić information content (AvgIpc) is 3.03. The Hall–Kier alpha value is -1.15. The second-order valence-corrected chi connectivity index (χ2v) is 7.94. The fourth-order valence-corrected chi connectivity index (χ4v) is 4.38. The van der Waals surface area contributed by atoms with Gasteiger partial charge in [0.25, 0.3) is 0 Å². The average molecular weight is 328 g/mol. The van der Waals surface area contributed by atoms with E-state index in [0.717, 1.165) is 9.75 Å². The third-order valence-electron chi connectivity index (χ3n) is 3.29. The number of nitrogens with zero attached hydrogens (tertiary/aromatic N) is 1. The van der Waals surface area contributed by atoms with Crippen LogP contribution in [0.15, 0.2) is 29.3 Å². The van der Waals surface area contributed by atoms with E-state index in [1.54, 1.807) is 22.1 Å². The minimum Gasteiger partial charge on any atom is -0.390 e. The molecule has 2 aromatic heterocycles. The van der Waals surface area contributed by atoms with Gasteiger partial charge in [-0.05, 0) is 39.0 Å². The zero-order chi connectivity index (χ0) is 15.6. The Bertz CT molecular complexity index is 695. The maximum atomic E-state index is 12.4. The second-order valence-electron chi connectivity index (χ2n) is 4.90. The molecule has 2 rings (SSSR count). The molecule has 0 aliphatic heterocycles. The molecule has 2 N–H and O–H groups in total. The molecule has 2 heterocycles. The van der Waals surface area contributed by atoms with Crippen molar-refractivity contribution >= 4 is 21.4 Å². The number of thiophene rings is 1. The number of aliphatic hydroxyl groups excluding tert-OH is 1. The predicted octanol–water partition coefficient (Wildman–Crippen LogP) is 2.41. The smallest absolute Gasteiger partial charge is 0.242 e. The summed E-state index contributed by atoms with van der Waals surface area (Å²) in [6.07, 6.45) is 1.56. The molecule has 0 spiro atoms. The number of aliphatic hydroxyl groups is 1. The summed E-state index contributed by atoms with van der Waals surface area (Å²) in [5.74, 6) is 0. The van der Waals surface area contributed by atoms with Gasteiger partial charge in [0, 0.05) is 28.2 Å². The molecule has 7 heteroatoms. The minimum absolute atomic E-state index is 0.178. The standard InChI is InChI=1S/C14H20N2O3S2/c1-4-16-8-13(7-12(16)9-17)21(18,19)15-11(3)14-6-5-10(2)20-14/h5-8,11,15,17H,4,9H2,1-3H3. The Kier molecular flexibility index (Phi) is 4.88. The van der Waals surface area contributed by atoms with Gasteiger partial charge in [-0.2, -0.15) is 0 Å². The van der Waals surface area contributed by atoms with Crippen molar-refractivity contribution < 1.29 is 13.5 Å². The van der Waals surface area contributed by atoms with Gasteiger partial charge < -0.3 is 9.67 Å². The molecule has 5 nitrogen and oxygen atoms in total. The van der Waals surface area contributed by atoms with Crippen LogP contribution in [0.3, 0.4) is 0 Å². The molecule has 0 bridgehead atoms. The first-order valence-corrected chi connectivity index (χ1v) is 9.06. The van der Waals surface area contributed by atoms with Crippen molar-refractivity contribution in [2.45, 2.75) is 44.9 Å². The van der Waals surface area contributed by atoms with Crippen molar-refractivity contribution in [3.05, 3.63) is 39.8 Å². The molecule has 0 aliphatic rings. The lowest BCUT2D eigenvalue weighted by molar-refractivity contribution is 0.271. The summed E-state index contributed by atoms with van der Waals surface area (Å²) in [6, 6.07) is 5.14. The van der Waals surface area contributed by atoms with Gasteiger partial charge in [0.2, 0.25) is 10.0 Å². The van der Waals surface area contributed by atoms with E-state index in [4.69, 9.17) is 0 Å². The van der Waals surface area contributed by atoms with Crippen molar-refractivity contribution in [1.82, 2.24) is 9.29 Å². The minimum atomic E-state index is -3.60. The number of sulfonamides is 1. The number of hydrogen-bond acceptors (Lipinski definition) is 4. The molecule has 1 atom stereocenters. The van der Waals surface area contributed by atoms with Crippen molar-refractivity contribution in [1.29, 1.82) is 0 Å². The predicted molar refractivity (Wildman–Crippen MR) is 83.8 cm³/mol. The molecule has 2 aromatic rings. The highest BCUT2D eigenvalue weighted by atomic mass is 32.2. The number of hydrogen-bond donors (Lipinski definition) is 2. The van der Waals surface area contributed by atoms with Gasteiger partial charge in [-0.1, -0.05) is 0 Å². The second kappa shape index (κ2) is 6.31. The first-order chi connectivity index (χ1) is 9.87. The zero-order valence-electron chi connectivity index (χ0n) is 12.3. The van der Waals surface area contributed by atoms with Gasteiger partial charge in [-0.25, -0.2) is 13.1 Å². The highest BCUT2D eigenvalue weighted by Gasteiger charge is 2.21. The number of nitrogens with one attached hydrogen (secondary N) is 1. The number of aryl methyl sites for hydroxylation is 2. The van der Waals surface area contributed by atoms with Gasteiger partial charge in [0.05, 0.1) is 17.5 Å². The first-order valence-electron chi connectivity index (χ1n) is 6.76. The van der Waals surface area contributed by atoms with E-state index < -0.39 is 10.0 Å². The summed E-state index contributed by atoms with van der Waals surface area (Å²) in [4.78, 5) is 2.32. The van der Waals surface area contributed by atoms with Crippen LogP contribution in [-0.4, -0.2) is 18.1 Å². The molecule has 0 saturated carbocycles. The molecule has 0 fully saturated rings. The Morgan fingerprint density at radius 1 is 1.43 bits per heavy atom. The van der Waals surface area contributed by atoms with Gasteiger partial charge in [-0.3, -0.25) is 0 Å². The Morgan fingerprint density at radius 3 is 2.62 bits per heavy atom. The molecule has 0 aliphatic carbocycles. The van der Waals surface area contributed by atoms with Crippen molar-refractivity contribution in [3.63, 3.8) is 0 Å². The van der Waals surface area contributed by atoms with Crippen molar-refractivity contribution in [2.24, 2.45) is 0 Å². The Balaban J connectivity index is 2.24. The lowest BCUT2D eigenvalue weighted by Crippen LogP contribution is -2.26. The van der Waals surface area contributed by atoms with E-state index in [0.29, 0.717) is 12.2 Å². The monoisotopic (exact) mass is 328 g/mol. The van der Waals surface area contributed by atoms with E-state index in [-0.39, 0.29) is 17.5 Å². The molecule has 0 radical (unpaired) electrons. The van der Waals surface area contributed by atoms with Crippen LogP contribution in [0.2, 0.25) is 0 Å². The lowest BCUT2D eigenvalue weighted by Gasteiger charge is -2.11. The summed E-state index contributed by atoms with van der Waals surface area (Å²) < 4.78 is 29.2. The largest absolute Gasteiger partial charge is 0.390 e. The fourth-order valence-electron chi connectivity index (χ4n) is 2.14. The normalized spacial score (nSPS) is 13.5. The van der Waals surface area contributed by atoms with Crippen LogP contribution >= 0.6 is 11.3 Å². The van der Waals surface area contributed by atoms with E-state index in [9.17, 15) is 13.5 Å². The van der Waals surface area contributed by atoms with E-state index in [1.807, 2.05) is 32.9 Å². The zero-order valence-corrected chi connectivity index (χ0v) is 14.0. The molecule has 21 heavy (non-hydrogen) atoms. The maximum Gasteiger partial charge on any atom is 0.242 e. The molecular weight excluding hydrogens is 308 g/mol. The number of rotatable bonds is 6. The van der Waals surface area contributed by atoms with Crippen LogP contribution in [0.5, 0.6) is 0 Å².